The van der Waals surface area contributed by atoms with Crippen LogP contribution in [0.1, 0.15) is 29.8 Å². The lowest BCUT2D eigenvalue weighted by Gasteiger charge is -2.21. The molecule has 0 saturated carbocycles. The zero-order valence-corrected chi connectivity index (χ0v) is 11.4. The summed E-state index contributed by atoms with van der Waals surface area (Å²) in [5.74, 6) is 0.282. The van der Waals surface area contributed by atoms with Crippen molar-refractivity contribution in [1.29, 1.82) is 0 Å². The van der Waals surface area contributed by atoms with E-state index in [1.54, 1.807) is 32.9 Å². The van der Waals surface area contributed by atoms with E-state index in [1.807, 2.05) is 0 Å². The van der Waals surface area contributed by atoms with Crippen molar-refractivity contribution < 1.29 is 23.8 Å². The number of ketones is 1. The minimum Gasteiger partial charge on any atom is -0.468 e. The Labute approximate surface area is 111 Å². The summed E-state index contributed by atoms with van der Waals surface area (Å²) < 4.78 is 15.2. The standard InChI is InChI=1S/C14H16O5/c1-8-5-10-11(19-7-18-10)6-9(8)12(15)14(2,3)13(16)17-4/h5-6H,7H2,1-4H3. The predicted octanol–water partition coefficient (Wildman–Crippen LogP) is 2.11. The molecule has 0 amide bonds. The second-order valence-electron chi connectivity index (χ2n) is 4.97. The van der Waals surface area contributed by atoms with Crippen LogP contribution in [0.4, 0.5) is 0 Å². The second-order valence-corrected chi connectivity index (χ2v) is 4.97. The van der Waals surface area contributed by atoms with Crippen LogP contribution in [0.25, 0.3) is 0 Å². The van der Waals surface area contributed by atoms with Crippen LogP contribution < -0.4 is 9.47 Å². The molecule has 5 heteroatoms. The van der Waals surface area contributed by atoms with Gasteiger partial charge in [0, 0.05) is 5.56 Å². The lowest BCUT2D eigenvalue weighted by atomic mass is 9.83. The molecule has 1 heterocycles. The van der Waals surface area contributed by atoms with Gasteiger partial charge in [-0.25, -0.2) is 0 Å². The van der Waals surface area contributed by atoms with Gasteiger partial charge in [-0.05, 0) is 38.5 Å². The minimum atomic E-state index is -1.23. The maximum atomic E-state index is 12.5. The van der Waals surface area contributed by atoms with Crippen LogP contribution in [-0.2, 0) is 9.53 Å². The number of carbonyl (C=O) groups excluding carboxylic acids is 2. The monoisotopic (exact) mass is 264 g/mol. The van der Waals surface area contributed by atoms with Crippen molar-refractivity contribution in [2.24, 2.45) is 5.41 Å². The first-order valence-corrected chi connectivity index (χ1v) is 5.91. The van der Waals surface area contributed by atoms with E-state index in [0.29, 0.717) is 17.1 Å². The Bertz CT molecular complexity index is 545. The lowest BCUT2D eigenvalue weighted by Crippen LogP contribution is -2.34. The van der Waals surface area contributed by atoms with Gasteiger partial charge in [0.1, 0.15) is 5.41 Å². The number of aryl methyl sites for hydroxylation is 1. The van der Waals surface area contributed by atoms with E-state index in [0.717, 1.165) is 5.56 Å². The largest absolute Gasteiger partial charge is 0.468 e. The predicted molar refractivity (Wildman–Crippen MR) is 67.4 cm³/mol. The highest BCUT2D eigenvalue weighted by molar-refractivity contribution is 6.12. The highest BCUT2D eigenvalue weighted by Crippen LogP contribution is 2.36. The van der Waals surface area contributed by atoms with Gasteiger partial charge in [-0.3, -0.25) is 9.59 Å². The molecule has 0 unspecified atom stereocenters. The maximum absolute atomic E-state index is 12.5. The molecule has 0 aromatic heterocycles. The van der Waals surface area contributed by atoms with Crippen molar-refractivity contribution in [3.05, 3.63) is 23.3 Å². The van der Waals surface area contributed by atoms with Crippen LogP contribution in [0.2, 0.25) is 0 Å². The number of carbonyl (C=O) groups is 2. The van der Waals surface area contributed by atoms with E-state index < -0.39 is 11.4 Å². The number of hydrogen-bond donors (Lipinski definition) is 0. The number of methoxy groups -OCH3 is 1. The number of benzene rings is 1. The van der Waals surface area contributed by atoms with Gasteiger partial charge < -0.3 is 14.2 Å². The molecular weight excluding hydrogens is 248 g/mol. The summed E-state index contributed by atoms with van der Waals surface area (Å²) in [4.78, 5) is 24.2. The van der Waals surface area contributed by atoms with Gasteiger partial charge in [-0.15, -0.1) is 0 Å². The Morgan fingerprint density at radius 3 is 2.37 bits per heavy atom. The van der Waals surface area contributed by atoms with E-state index in [-0.39, 0.29) is 12.6 Å². The molecule has 0 atom stereocenters. The summed E-state index contributed by atoms with van der Waals surface area (Å²) in [6.07, 6.45) is 0. The van der Waals surface area contributed by atoms with E-state index in [2.05, 4.69) is 4.74 Å². The molecule has 1 aliphatic heterocycles. The second kappa shape index (κ2) is 4.57. The number of esters is 1. The average Bonchev–Trinajstić information content (AvgIpc) is 2.82. The van der Waals surface area contributed by atoms with E-state index in [1.165, 1.54) is 7.11 Å². The molecule has 0 aliphatic carbocycles. The third-order valence-electron chi connectivity index (χ3n) is 3.23. The fourth-order valence-electron chi connectivity index (χ4n) is 1.97. The number of hydrogen-bond acceptors (Lipinski definition) is 5. The van der Waals surface area contributed by atoms with Gasteiger partial charge in [0.05, 0.1) is 7.11 Å². The Morgan fingerprint density at radius 2 is 1.79 bits per heavy atom. The van der Waals surface area contributed by atoms with Crippen molar-refractivity contribution in [1.82, 2.24) is 0 Å². The quantitative estimate of drug-likeness (QED) is 0.475. The summed E-state index contributed by atoms with van der Waals surface area (Å²) >= 11 is 0. The molecule has 1 aromatic carbocycles. The summed E-state index contributed by atoms with van der Waals surface area (Å²) in [7, 11) is 1.27. The van der Waals surface area contributed by atoms with Crippen LogP contribution in [-0.4, -0.2) is 25.7 Å². The number of Topliss-reactive ketones (excluding diaryl/α,β-unsaturated/α-hetero) is 1. The Morgan fingerprint density at radius 1 is 1.21 bits per heavy atom. The van der Waals surface area contributed by atoms with Crippen molar-refractivity contribution >= 4 is 11.8 Å². The molecule has 0 saturated heterocycles. The maximum Gasteiger partial charge on any atom is 0.319 e. The third-order valence-corrected chi connectivity index (χ3v) is 3.23. The molecule has 5 nitrogen and oxygen atoms in total. The van der Waals surface area contributed by atoms with Crippen molar-refractivity contribution in [2.45, 2.75) is 20.8 Å². The molecule has 0 fully saturated rings. The van der Waals surface area contributed by atoms with Gasteiger partial charge in [-0.2, -0.15) is 0 Å². The Kier molecular flexibility index (Phi) is 3.22. The van der Waals surface area contributed by atoms with Crippen LogP contribution in [0.3, 0.4) is 0 Å². The van der Waals surface area contributed by atoms with Crippen LogP contribution in [0.15, 0.2) is 12.1 Å². The van der Waals surface area contributed by atoms with Crippen molar-refractivity contribution in [3.63, 3.8) is 0 Å². The molecule has 0 bridgehead atoms. The number of fused-ring (bicyclic) bond motifs is 1. The van der Waals surface area contributed by atoms with Crippen LogP contribution >= 0.6 is 0 Å². The van der Waals surface area contributed by atoms with Gasteiger partial charge in [0.2, 0.25) is 6.79 Å². The molecular formula is C14H16O5. The fourth-order valence-corrected chi connectivity index (χ4v) is 1.97. The van der Waals surface area contributed by atoms with E-state index in [4.69, 9.17) is 9.47 Å². The normalized spacial score (nSPS) is 13.3. The van der Waals surface area contributed by atoms with E-state index in [9.17, 15) is 9.59 Å². The topological polar surface area (TPSA) is 61.8 Å². The molecule has 1 aromatic rings. The van der Waals surface area contributed by atoms with Crippen molar-refractivity contribution in [2.75, 3.05) is 13.9 Å². The smallest absolute Gasteiger partial charge is 0.319 e. The van der Waals surface area contributed by atoms with Gasteiger partial charge in [-0.1, -0.05) is 0 Å². The first-order chi connectivity index (χ1) is 8.87. The minimum absolute atomic E-state index is 0.146. The molecule has 2 rings (SSSR count). The summed E-state index contributed by atoms with van der Waals surface area (Å²) in [5, 5.41) is 0. The van der Waals surface area contributed by atoms with Gasteiger partial charge >= 0.3 is 5.97 Å². The van der Waals surface area contributed by atoms with Gasteiger partial charge in [0.15, 0.2) is 17.3 Å². The molecule has 102 valence electrons. The van der Waals surface area contributed by atoms with Crippen molar-refractivity contribution in [3.8, 4) is 11.5 Å². The molecule has 0 radical (unpaired) electrons. The third kappa shape index (κ3) is 2.16. The fraction of sp³-hybridized carbons (Fsp3) is 0.429. The first kappa shape index (κ1) is 13.4. The summed E-state index contributed by atoms with van der Waals surface area (Å²) in [6.45, 7) is 5.03. The first-order valence-electron chi connectivity index (χ1n) is 5.91. The zero-order chi connectivity index (χ0) is 14.2. The Hall–Kier alpha value is -2.04. The van der Waals surface area contributed by atoms with E-state index >= 15 is 0 Å². The molecule has 0 N–H and O–H groups in total. The summed E-state index contributed by atoms with van der Waals surface area (Å²) in [5.41, 5.74) is -0.0430. The lowest BCUT2D eigenvalue weighted by molar-refractivity contribution is -0.147. The molecule has 1 aliphatic rings. The van der Waals surface area contributed by atoms with Crippen LogP contribution in [0, 0.1) is 12.3 Å². The van der Waals surface area contributed by atoms with Crippen LogP contribution in [0.5, 0.6) is 11.5 Å². The summed E-state index contributed by atoms with van der Waals surface area (Å²) in [6, 6.07) is 3.35. The highest BCUT2D eigenvalue weighted by Gasteiger charge is 2.39. The molecule has 0 spiro atoms. The Balaban J connectivity index is 2.42. The molecule has 19 heavy (non-hydrogen) atoms. The zero-order valence-electron chi connectivity index (χ0n) is 11.4. The number of rotatable bonds is 3. The average molecular weight is 264 g/mol. The van der Waals surface area contributed by atoms with Gasteiger partial charge in [0.25, 0.3) is 0 Å². The SMILES string of the molecule is COC(=O)C(C)(C)C(=O)c1cc2c(cc1C)OCO2. The number of ether oxygens (including phenoxy) is 3. The highest BCUT2D eigenvalue weighted by atomic mass is 16.7.